The monoisotopic (exact) mass is 432 g/mol. The van der Waals surface area contributed by atoms with Gasteiger partial charge in [-0.2, -0.15) is 0 Å². The van der Waals surface area contributed by atoms with Crippen molar-refractivity contribution in [1.82, 2.24) is 9.97 Å². The number of hydrogen-bond acceptors (Lipinski definition) is 4. The van der Waals surface area contributed by atoms with E-state index in [9.17, 15) is 9.59 Å². The van der Waals surface area contributed by atoms with Crippen molar-refractivity contribution in [3.8, 4) is 11.1 Å². The minimum Gasteiger partial charge on any atom is -0.408 e. The van der Waals surface area contributed by atoms with Crippen LogP contribution in [-0.4, -0.2) is 9.97 Å². The van der Waals surface area contributed by atoms with Crippen LogP contribution in [0, 0.1) is 0 Å². The number of oxazole rings is 2. The number of benzene rings is 4. The van der Waals surface area contributed by atoms with Crippen molar-refractivity contribution in [3.05, 3.63) is 128 Å². The number of nitrogens with one attached hydrogen (secondary N) is 2. The number of H-pyrrole nitrogens is 2. The maximum Gasteiger partial charge on any atom is 0.417 e. The second-order valence-corrected chi connectivity index (χ2v) is 8.29. The van der Waals surface area contributed by atoms with Crippen LogP contribution in [0.1, 0.15) is 22.3 Å². The summed E-state index contributed by atoms with van der Waals surface area (Å²) in [6.07, 6.45) is 0. The molecule has 0 fully saturated rings. The van der Waals surface area contributed by atoms with Gasteiger partial charge in [0.2, 0.25) is 0 Å². The van der Waals surface area contributed by atoms with E-state index < -0.39 is 16.9 Å². The largest absolute Gasteiger partial charge is 0.417 e. The normalized spacial score (nSPS) is 13.9. The molecule has 6 nitrogen and oxygen atoms in total. The van der Waals surface area contributed by atoms with Gasteiger partial charge in [-0.1, -0.05) is 60.7 Å². The molecule has 0 atom stereocenters. The van der Waals surface area contributed by atoms with Gasteiger partial charge < -0.3 is 8.83 Å². The minimum absolute atomic E-state index is 0.487. The van der Waals surface area contributed by atoms with Crippen molar-refractivity contribution < 1.29 is 8.83 Å². The van der Waals surface area contributed by atoms with E-state index in [1.807, 2.05) is 60.7 Å². The zero-order chi connectivity index (χ0) is 22.2. The Morgan fingerprint density at radius 1 is 0.576 bits per heavy atom. The van der Waals surface area contributed by atoms with E-state index in [1.54, 1.807) is 0 Å². The first-order chi connectivity index (χ1) is 16.1. The summed E-state index contributed by atoms with van der Waals surface area (Å²) in [6.45, 7) is 0. The third-order valence-corrected chi connectivity index (χ3v) is 6.66. The lowest BCUT2D eigenvalue weighted by Crippen LogP contribution is -2.28. The minimum atomic E-state index is -0.693. The maximum absolute atomic E-state index is 11.8. The average Bonchev–Trinajstić information content (AvgIpc) is 3.48. The first-order valence-corrected chi connectivity index (χ1v) is 10.6. The standard InChI is InChI=1S/C27H16N2O4/c30-25-28-21-11-9-15(13-23(21)32-25)27(16-10-12-22-24(14-16)33-26(31)29-22)19-7-3-1-5-17(19)18-6-2-4-8-20(18)27/h1-14H,(H,28,30)(H,29,31). The Morgan fingerprint density at radius 2 is 1.03 bits per heavy atom. The quantitative estimate of drug-likeness (QED) is 0.406. The van der Waals surface area contributed by atoms with Crippen LogP contribution in [0.25, 0.3) is 33.3 Å². The van der Waals surface area contributed by atoms with Gasteiger partial charge in [0.15, 0.2) is 11.2 Å². The molecule has 0 unspecified atom stereocenters. The highest BCUT2D eigenvalue weighted by atomic mass is 16.4. The van der Waals surface area contributed by atoms with E-state index in [4.69, 9.17) is 8.83 Å². The predicted octanol–water partition coefficient (Wildman–Crippen LogP) is 4.92. The second-order valence-electron chi connectivity index (χ2n) is 8.29. The van der Waals surface area contributed by atoms with Crippen molar-refractivity contribution in [2.24, 2.45) is 0 Å². The second kappa shape index (κ2) is 6.23. The first kappa shape index (κ1) is 18.0. The fourth-order valence-electron chi connectivity index (χ4n) is 5.38. The summed E-state index contributed by atoms with van der Waals surface area (Å²) in [6, 6.07) is 28.3. The molecule has 0 radical (unpaired) electrons. The molecule has 6 heteroatoms. The van der Waals surface area contributed by atoms with Crippen LogP contribution in [0.4, 0.5) is 0 Å². The predicted molar refractivity (Wildman–Crippen MR) is 125 cm³/mol. The van der Waals surface area contributed by atoms with Crippen LogP contribution in [0.3, 0.4) is 0 Å². The van der Waals surface area contributed by atoms with E-state index in [2.05, 4.69) is 34.2 Å². The molecular formula is C27H16N2O4. The summed E-state index contributed by atoms with van der Waals surface area (Å²) in [7, 11) is 0. The van der Waals surface area contributed by atoms with Gasteiger partial charge in [-0.15, -0.1) is 0 Å². The fourth-order valence-corrected chi connectivity index (χ4v) is 5.38. The van der Waals surface area contributed by atoms with Crippen molar-refractivity contribution >= 4 is 22.2 Å². The first-order valence-electron chi connectivity index (χ1n) is 10.6. The van der Waals surface area contributed by atoms with Gasteiger partial charge in [-0.05, 0) is 57.6 Å². The molecule has 0 spiro atoms. The summed E-state index contributed by atoms with van der Waals surface area (Å²) in [4.78, 5) is 29.1. The Hall–Kier alpha value is -4.58. The van der Waals surface area contributed by atoms with Crippen molar-refractivity contribution in [1.29, 1.82) is 0 Å². The zero-order valence-electron chi connectivity index (χ0n) is 17.2. The molecular weight excluding hydrogens is 416 g/mol. The summed E-state index contributed by atoms with van der Waals surface area (Å²) < 4.78 is 10.8. The number of aromatic amines is 2. The van der Waals surface area contributed by atoms with Crippen molar-refractivity contribution in [3.63, 3.8) is 0 Å². The molecule has 2 N–H and O–H groups in total. The molecule has 4 aromatic carbocycles. The van der Waals surface area contributed by atoms with E-state index in [0.717, 1.165) is 33.4 Å². The Kier molecular flexibility index (Phi) is 3.41. The van der Waals surface area contributed by atoms with Crippen molar-refractivity contribution in [2.75, 3.05) is 0 Å². The van der Waals surface area contributed by atoms with Crippen molar-refractivity contribution in [2.45, 2.75) is 5.41 Å². The van der Waals surface area contributed by atoms with E-state index >= 15 is 0 Å². The lowest BCUT2D eigenvalue weighted by atomic mass is 9.67. The molecule has 1 aliphatic carbocycles. The van der Waals surface area contributed by atoms with Crippen LogP contribution in [0.5, 0.6) is 0 Å². The number of hydrogen-bond donors (Lipinski definition) is 2. The summed E-state index contributed by atoms with van der Waals surface area (Å²) in [5.74, 6) is -0.974. The molecule has 0 saturated carbocycles. The van der Waals surface area contributed by atoms with Gasteiger partial charge in [-0.25, -0.2) is 9.59 Å². The average molecular weight is 432 g/mol. The van der Waals surface area contributed by atoms with E-state index in [0.29, 0.717) is 22.2 Å². The SMILES string of the molecule is O=c1[nH]c2ccc(C3(c4ccc5[nH]c(=O)oc5c4)c4ccccc4-c4ccccc43)cc2o1. The Labute approximate surface area is 186 Å². The molecule has 1 aliphatic rings. The Bertz CT molecular complexity index is 1700. The van der Waals surface area contributed by atoms with Crippen LogP contribution < -0.4 is 11.5 Å². The van der Waals surface area contributed by atoms with Gasteiger partial charge in [0.25, 0.3) is 0 Å². The molecule has 2 aromatic heterocycles. The third-order valence-electron chi connectivity index (χ3n) is 6.66. The topological polar surface area (TPSA) is 92.0 Å². The molecule has 0 amide bonds. The summed E-state index contributed by atoms with van der Waals surface area (Å²) in [5.41, 5.74) is 7.98. The number of rotatable bonds is 2. The molecule has 2 heterocycles. The van der Waals surface area contributed by atoms with Gasteiger partial charge in [0, 0.05) is 0 Å². The fraction of sp³-hybridized carbons (Fsp3) is 0.0370. The lowest BCUT2D eigenvalue weighted by molar-refractivity contribution is 0.554. The summed E-state index contributed by atoms with van der Waals surface area (Å²) >= 11 is 0. The van der Waals surface area contributed by atoms with Gasteiger partial charge in [0.05, 0.1) is 16.4 Å². The molecule has 0 saturated heterocycles. The molecule has 0 bridgehead atoms. The number of aromatic nitrogens is 2. The Morgan fingerprint density at radius 3 is 1.52 bits per heavy atom. The molecule has 158 valence electrons. The smallest absolute Gasteiger partial charge is 0.408 e. The van der Waals surface area contributed by atoms with Crippen LogP contribution in [0.15, 0.2) is 103 Å². The van der Waals surface area contributed by atoms with Crippen LogP contribution in [-0.2, 0) is 5.41 Å². The highest BCUT2D eigenvalue weighted by Gasteiger charge is 2.46. The highest BCUT2D eigenvalue weighted by Crippen LogP contribution is 2.56. The molecule has 33 heavy (non-hydrogen) atoms. The van der Waals surface area contributed by atoms with Crippen LogP contribution >= 0.6 is 0 Å². The van der Waals surface area contributed by atoms with Gasteiger partial charge in [-0.3, -0.25) is 9.97 Å². The maximum atomic E-state index is 11.8. The molecule has 0 aliphatic heterocycles. The zero-order valence-corrected chi connectivity index (χ0v) is 17.2. The third kappa shape index (κ3) is 2.32. The number of fused-ring (bicyclic) bond motifs is 5. The lowest BCUT2D eigenvalue weighted by Gasteiger charge is -2.33. The highest BCUT2D eigenvalue weighted by molar-refractivity contribution is 5.88. The van der Waals surface area contributed by atoms with E-state index in [1.165, 1.54) is 0 Å². The van der Waals surface area contributed by atoms with E-state index in [-0.39, 0.29) is 0 Å². The van der Waals surface area contributed by atoms with Gasteiger partial charge >= 0.3 is 11.5 Å². The summed E-state index contributed by atoms with van der Waals surface area (Å²) in [5, 5.41) is 0. The molecule has 6 aromatic rings. The molecule has 7 rings (SSSR count). The van der Waals surface area contributed by atoms with Gasteiger partial charge in [0.1, 0.15) is 0 Å². The Balaban J connectivity index is 1.66. The van der Waals surface area contributed by atoms with Crippen LogP contribution in [0.2, 0.25) is 0 Å².